The number of aliphatic carboxylic acids is 1. The zero-order valence-electron chi connectivity index (χ0n) is 15.4. The molecular weight excluding hydrogens is 324 g/mol. The first-order chi connectivity index (χ1) is 11.9. The lowest BCUT2D eigenvalue weighted by Crippen LogP contribution is -2.70. The van der Waals surface area contributed by atoms with E-state index >= 15 is 0 Å². The van der Waals surface area contributed by atoms with E-state index in [0.717, 1.165) is 25.7 Å². The van der Waals surface area contributed by atoms with Gasteiger partial charge in [0.1, 0.15) is 0 Å². The Bertz CT molecular complexity index is 538. The van der Waals surface area contributed by atoms with Gasteiger partial charge in [0.05, 0.1) is 6.10 Å². The molecule has 0 aromatic carbocycles. The fourth-order valence-electron chi connectivity index (χ4n) is 5.76. The highest BCUT2D eigenvalue weighted by Crippen LogP contribution is 2.60. The number of carbonyl (C=O) groups is 1. The number of rotatable bonds is 4. The van der Waals surface area contributed by atoms with Crippen LogP contribution in [0.4, 0.5) is 0 Å². The second-order valence-corrected chi connectivity index (χ2v) is 8.73. The molecule has 6 heteroatoms. The molecular formula is C19H30O6. The molecule has 4 saturated heterocycles. The van der Waals surface area contributed by atoms with Crippen LogP contribution in [-0.4, -0.2) is 34.9 Å². The summed E-state index contributed by atoms with van der Waals surface area (Å²) in [6.07, 6.45) is 5.28. The van der Waals surface area contributed by atoms with E-state index in [1.165, 1.54) is 6.42 Å². The Morgan fingerprint density at radius 3 is 2.72 bits per heavy atom. The molecule has 0 amide bonds. The van der Waals surface area contributed by atoms with Gasteiger partial charge in [-0.25, -0.2) is 9.78 Å². The summed E-state index contributed by atoms with van der Waals surface area (Å²) in [5.41, 5.74) is -0.517. The standard InChI is InChI=1S/C19H30O6/c1-11-7-8-14-12(2)15(5-4-6-16(20)21)22-17-19(14)13(11)9-10-18(3,23-17)24-25-19/h11-15,17H,4-10H2,1-3H3,(H,20,21)/t11-,12-,13+,14+,15-,17-,18-,19-/m1/s1. The minimum absolute atomic E-state index is 0.0144. The molecule has 1 saturated carbocycles. The van der Waals surface area contributed by atoms with Crippen LogP contribution in [0.3, 0.4) is 0 Å². The Balaban J connectivity index is 1.62. The summed E-state index contributed by atoms with van der Waals surface area (Å²) >= 11 is 0. The van der Waals surface area contributed by atoms with Gasteiger partial charge < -0.3 is 14.6 Å². The lowest BCUT2D eigenvalue weighted by molar-refractivity contribution is -0.571. The average Bonchev–Trinajstić information content (AvgIpc) is 2.78. The van der Waals surface area contributed by atoms with Crippen LogP contribution in [0, 0.1) is 23.7 Å². The van der Waals surface area contributed by atoms with Crippen LogP contribution in [0.1, 0.15) is 65.7 Å². The monoisotopic (exact) mass is 354 g/mol. The minimum atomic E-state index is -0.750. The highest BCUT2D eigenvalue weighted by atomic mass is 17.3. The van der Waals surface area contributed by atoms with Crippen LogP contribution >= 0.6 is 0 Å². The van der Waals surface area contributed by atoms with Crippen LogP contribution < -0.4 is 0 Å². The van der Waals surface area contributed by atoms with Crippen molar-refractivity contribution in [3.05, 3.63) is 0 Å². The van der Waals surface area contributed by atoms with Crippen molar-refractivity contribution >= 4 is 5.97 Å². The molecule has 5 aliphatic rings. The van der Waals surface area contributed by atoms with Crippen molar-refractivity contribution in [1.29, 1.82) is 0 Å². The maximum Gasteiger partial charge on any atom is 0.303 e. The molecule has 5 rings (SSSR count). The van der Waals surface area contributed by atoms with Gasteiger partial charge in [-0.2, -0.15) is 0 Å². The van der Waals surface area contributed by atoms with E-state index in [2.05, 4.69) is 13.8 Å². The Kier molecular flexibility index (Phi) is 4.38. The molecule has 142 valence electrons. The minimum Gasteiger partial charge on any atom is -0.481 e. The summed E-state index contributed by atoms with van der Waals surface area (Å²) in [5.74, 6) is 0.0675. The van der Waals surface area contributed by atoms with E-state index in [9.17, 15) is 4.79 Å². The number of hydrogen-bond donors (Lipinski definition) is 1. The molecule has 2 bridgehead atoms. The van der Waals surface area contributed by atoms with Crippen molar-refractivity contribution in [2.45, 2.75) is 89.5 Å². The zero-order valence-corrected chi connectivity index (χ0v) is 15.4. The molecule has 4 heterocycles. The molecule has 0 aromatic heterocycles. The summed E-state index contributed by atoms with van der Waals surface area (Å²) in [5, 5.41) is 8.92. The van der Waals surface area contributed by atoms with Crippen molar-refractivity contribution in [1.82, 2.24) is 0 Å². The summed E-state index contributed by atoms with van der Waals surface area (Å²) in [7, 11) is 0. The van der Waals surface area contributed by atoms with Gasteiger partial charge in [-0.05, 0) is 56.8 Å². The van der Waals surface area contributed by atoms with Gasteiger partial charge in [0.25, 0.3) is 0 Å². The van der Waals surface area contributed by atoms with Crippen LogP contribution in [0.25, 0.3) is 0 Å². The molecule has 6 nitrogen and oxygen atoms in total. The van der Waals surface area contributed by atoms with Gasteiger partial charge in [0, 0.05) is 18.8 Å². The van der Waals surface area contributed by atoms with E-state index < -0.39 is 23.6 Å². The van der Waals surface area contributed by atoms with Crippen molar-refractivity contribution in [2.75, 3.05) is 0 Å². The molecule has 5 fully saturated rings. The smallest absolute Gasteiger partial charge is 0.303 e. The highest BCUT2D eigenvalue weighted by Gasteiger charge is 2.69. The van der Waals surface area contributed by atoms with Gasteiger partial charge in [-0.3, -0.25) is 4.79 Å². The van der Waals surface area contributed by atoms with Crippen LogP contribution in [0.2, 0.25) is 0 Å². The Labute approximate surface area is 149 Å². The van der Waals surface area contributed by atoms with Crippen molar-refractivity contribution in [2.24, 2.45) is 23.7 Å². The average molecular weight is 354 g/mol. The van der Waals surface area contributed by atoms with E-state index in [1.54, 1.807) is 0 Å². The lowest BCUT2D eigenvalue weighted by atomic mass is 9.57. The third kappa shape index (κ3) is 2.73. The van der Waals surface area contributed by atoms with Gasteiger partial charge >= 0.3 is 5.97 Å². The predicted molar refractivity (Wildman–Crippen MR) is 88.3 cm³/mol. The first-order valence-corrected chi connectivity index (χ1v) is 9.77. The maximum atomic E-state index is 10.8. The third-order valence-corrected chi connectivity index (χ3v) is 7.17. The normalized spacial score (nSPS) is 51.6. The lowest BCUT2D eigenvalue weighted by Gasteiger charge is -2.60. The molecule has 0 unspecified atom stereocenters. The van der Waals surface area contributed by atoms with E-state index in [1.807, 2.05) is 6.92 Å². The summed E-state index contributed by atoms with van der Waals surface area (Å²) in [6, 6.07) is 0. The van der Waals surface area contributed by atoms with Crippen molar-refractivity contribution in [3.63, 3.8) is 0 Å². The van der Waals surface area contributed by atoms with Gasteiger partial charge in [0.2, 0.25) is 5.79 Å². The second kappa shape index (κ2) is 6.19. The molecule has 1 aliphatic carbocycles. The van der Waals surface area contributed by atoms with Crippen molar-refractivity contribution < 1.29 is 29.1 Å². The molecule has 1 N–H and O–H groups in total. The number of ether oxygens (including phenoxy) is 2. The molecule has 0 radical (unpaired) electrons. The van der Waals surface area contributed by atoms with E-state index in [-0.39, 0.29) is 12.5 Å². The molecule has 25 heavy (non-hydrogen) atoms. The fourth-order valence-corrected chi connectivity index (χ4v) is 5.76. The van der Waals surface area contributed by atoms with Crippen LogP contribution in [-0.2, 0) is 24.0 Å². The first kappa shape index (κ1) is 17.7. The largest absolute Gasteiger partial charge is 0.481 e. The van der Waals surface area contributed by atoms with Crippen LogP contribution in [0.15, 0.2) is 0 Å². The number of carboxylic acid groups (broad SMARTS) is 1. The fraction of sp³-hybridized carbons (Fsp3) is 0.947. The Morgan fingerprint density at radius 1 is 1.16 bits per heavy atom. The molecule has 8 atom stereocenters. The number of carboxylic acids is 1. The number of hydrogen-bond acceptors (Lipinski definition) is 5. The second-order valence-electron chi connectivity index (χ2n) is 8.73. The zero-order chi connectivity index (χ0) is 17.8. The quantitative estimate of drug-likeness (QED) is 0.779. The predicted octanol–water partition coefficient (Wildman–Crippen LogP) is 3.49. The van der Waals surface area contributed by atoms with E-state index in [0.29, 0.717) is 30.1 Å². The topological polar surface area (TPSA) is 74.2 Å². The Hall–Kier alpha value is -0.690. The SMILES string of the molecule is C[C@H]1[C@@H](CCCC(=O)O)O[C@@H]2O[C@@]3(C)CC[C@H]4[C@H](C)CC[C@@H]1[C@@]24OO3. The number of fused-ring (bicyclic) bond motifs is 2. The Morgan fingerprint density at radius 2 is 1.96 bits per heavy atom. The molecule has 0 aromatic rings. The van der Waals surface area contributed by atoms with Crippen LogP contribution in [0.5, 0.6) is 0 Å². The maximum absolute atomic E-state index is 10.8. The summed E-state index contributed by atoms with van der Waals surface area (Å²) in [4.78, 5) is 22.7. The molecule has 4 aliphatic heterocycles. The molecule has 1 spiro atoms. The van der Waals surface area contributed by atoms with Gasteiger partial charge in [-0.15, -0.1) is 0 Å². The first-order valence-electron chi connectivity index (χ1n) is 9.77. The third-order valence-electron chi connectivity index (χ3n) is 7.17. The van der Waals surface area contributed by atoms with E-state index in [4.69, 9.17) is 24.4 Å². The van der Waals surface area contributed by atoms with Crippen molar-refractivity contribution in [3.8, 4) is 0 Å². The van der Waals surface area contributed by atoms with Gasteiger partial charge in [-0.1, -0.05) is 13.8 Å². The van der Waals surface area contributed by atoms with Gasteiger partial charge in [0.15, 0.2) is 11.9 Å². The highest BCUT2D eigenvalue weighted by molar-refractivity contribution is 5.66. The summed E-state index contributed by atoms with van der Waals surface area (Å²) < 4.78 is 12.7. The summed E-state index contributed by atoms with van der Waals surface area (Å²) in [6.45, 7) is 6.45.